The van der Waals surface area contributed by atoms with E-state index in [2.05, 4.69) is 4.98 Å². The lowest BCUT2D eigenvalue weighted by Crippen LogP contribution is -2.27. The third-order valence-corrected chi connectivity index (χ3v) is 7.11. The normalized spacial score (nSPS) is 22.9. The molecule has 1 aromatic heterocycles. The first kappa shape index (κ1) is 17.4. The molecule has 1 aromatic carbocycles. The molecule has 0 bridgehead atoms. The van der Waals surface area contributed by atoms with Crippen LogP contribution < -0.4 is 5.56 Å². The summed E-state index contributed by atoms with van der Waals surface area (Å²) in [4.78, 5) is 17.2. The maximum absolute atomic E-state index is 12.7. The van der Waals surface area contributed by atoms with Crippen LogP contribution in [0.3, 0.4) is 0 Å². The molecule has 2 aromatic rings. The van der Waals surface area contributed by atoms with Crippen molar-refractivity contribution in [2.75, 3.05) is 25.2 Å². The lowest BCUT2D eigenvalue weighted by Gasteiger charge is -2.16. The minimum Gasteiger partial charge on any atom is -0.391 e. The Bertz CT molecular complexity index is 910. The smallest absolute Gasteiger partial charge is 0.262 e. The lowest BCUT2D eigenvalue weighted by molar-refractivity contribution is 0.183. The largest absolute Gasteiger partial charge is 0.391 e. The summed E-state index contributed by atoms with van der Waals surface area (Å²) in [6.45, 7) is 0.643. The highest BCUT2D eigenvalue weighted by Crippen LogP contribution is 2.30. The van der Waals surface area contributed by atoms with Crippen LogP contribution in [0.25, 0.3) is 10.9 Å². The SMILES string of the molecule is COCCn1c(S[C@H]2CS(=O)(=O)C[C@H]2O)nc2ccccc2c1=O. The zero-order valence-electron chi connectivity index (χ0n) is 13.1. The van der Waals surface area contributed by atoms with Crippen molar-refractivity contribution in [1.82, 2.24) is 9.55 Å². The number of sulfone groups is 1. The number of aromatic nitrogens is 2. The highest BCUT2D eigenvalue weighted by atomic mass is 32.2. The van der Waals surface area contributed by atoms with Crippen LogP contribution in [0.2, 0.25) is 0 Å². The monoisotopic (exact) mass is 370 g/mol. The predicted octanol–water partition coefficient (Wildman–Crippen LogP) is 0.293. The van der Waals surface area contributed by atoms with E-state index in [-0.39, 0.29) is 17.1 Å². The number of methoxy groups -OCH3 is 1. The minimum atomic E-state index is -3.26. The lowest BCUT2D eigenvalue weighted by atomic mass is 10.2. The van der Waals surface area contributed by atoms with Gasteiger partial charge in [0.2, 0.25) is 0 Å². The van der Waals surface area contributed by atoms with Crippen LogP contribution in [-0.2, 0) is 21.1 Å². The summed E-state index contributed by atoms with van der Waals surface area (Å²) in [7, 11) is -1.72. The van der Waals surface area contributed by atoms with Gasteiger partial charge in [0.25, 0.3) is 5.56 Å². The van der Waals surface area contributed by atoms with Gasteiger partial charge in [-0.1, -0.05) is 23.9 Å². The van der Waals surface area contributed by atoms with Crippen molar-refractivity contribution < 1.29 is 18.3 Å². The zero-order chi connectivity index (χ0) is 17.3. The molecule has 1 aliphatic heterocycles. The van der Waals surface area contributed by atoms with Crippen molar-refractivity contribution in [3.8, 4) is 0 Å². The molecule has 130 valence electrons. The molecule has 7 nitrogen and oxygen atoms in total. The standard InChI is InChI=1S/C15H18N2O5S2/c1-22-7-6-17-14(19)10-4-2-3-5-11(10)16-15(17)23-13-9-24(20,21)8-12(13)18/h2-5,12-13,18H,6-9H2,1H3/t12-,13+/m1/s1. The van der Waals surface area contributed by atoms with Gasteiger partial charge in [0, 0.05) is 7.11 Å². The molecule has 1 aliphatic rings. The van der Waals surface area contributed by atoms with Crippen LogP contribution in [0.1, 0.15) is 0 Å². The van der Waals surface area contributed by atoms with Gasteiger partial charge in [0.05, 0.1) is 46.9 Å². The molecule has 1 saturated heterocycles. The third kappa shape index (κ3) is 3.49. The van der Waals surface area contributed by atoms with Crippen LogP contribution >= 0.6 is 11.8 Å². The number of fused-ring (bicyclic) bond motifs is 1. The molecule has 2 atom stereocenters. The second-order valence-corrected chi connectivity index (χ2v) is 9.02. The van der Waals surface area contributed by atoms with E-state index in [9.17, 15) is 18.3 Å². The maximum atomic E-state index is 12.7. The van der Waals surface area contributed by atoms with E-state index < -0.39 is 21.2 Å². The van der Waals surface area contributed by atoms with E-state index in [1.54, 1.807) is 31.4 Å². The van der Waals surface area contributed by atoms with E-state index in [1.807, 2.05) is 0 Å². The fourth-order valence-corrected chi connectivity index (χ4v) is 6.27. The fraction of sp³-hybridized carbons (Fsp3) is 0.467. The summed E-state index contributed by atoms with van der Waals surface area (Å²) in [5.74, 6) is -0.369. The molecule has 24 heavy (non-hydrogen) atoms. The van der Waals surface area contributed by atoms with E-state index in [4.69, 9.17) is 4.74 Å². The molecule has 9 heteroatoms. The molecule has 1 fully saturated rings. The first-order valence-electron chi connectivity index (χ1n) is 7.45. The zero-order valence-corrected chi connectivity index (χ0v) is 14.7. The third-order valence-electron chi connectivity index (χ3n) is 3.87. The van der Waals surface area contributed by atoms with Gasteiger partial charge in [0.15, 0.2) is 15.0 Å². The number of nitrogens with zero attached hydrogens (tertiary/aromatic N) is 2. The first-order valence-corrected chi connectivity index (χ1v) is 10.1. The number of para-hydroxylation sites is 1. The number of thioether (sulfide) groups is 1. The summed E-state index contributed by atoms with van der Waals surface area (Å²) in [6.07, 6.45) is -0.959. The molecule has 1 N–H and O–H groups in total. The summed E-state index contributed by atoms with van der Waals surface area (Å²) < 4.78 is 29.9. The molecule has 0 saturated carbocycles. The van der Waals surface area contributed by atoms with Gasteiger partial charge in [-0.3, -0.25) is 9.36 Å². The molecule has 0 unspecified atom stereocenters. The van der Waals surface area contributed by atoms with Gasteiger partial charge in [-0.2, -0.15) is 0 Å². The Morgan fingerprint density at radius 3 is 2.79 bits per heavy atom. The molecule has 0 aliphatic carbocycles. The van der Waals surface area contributed by atoms with Gasteiger partial charge in [-0.15, -0.1) is 0 Å². The summed E-state index contributed by atoms with van der Waals surface area (Å²) in [5, 5.41) is 10.4. The van der Waals surface area contributed by atoms with Crippen LogP contribution in [-0.4, -0.2) is 59.7 Å². The van der Waals surface area contributed by atoms with E-state index in [0.717, 1.165) is 11.8 Å². The second kappa shape index (κ2) is 6.83. The van der Waals surface area contributed by atoms with E-state index >= 15 is 0 Å². The average Bonchev–Trinajstić information content (AvgIpc) is 2.79. The van der Waals surface area contributed by atoms with Gasteiger partial charge < -0.3 is 9.84 Å². The first-order chi connectivity index (χ1) is 11.4. The number of hydrogen-bond donors (Lipinski definition) is 1. The van der Waals surface area contributed by atoms with Crippen LogP contribution in [0.15, 0.2) is 34.2 Å². The average molecular weight is 370 g/mol. The Morgan fingerprint density at radius 1 is 1.38 bits per heavy atom. The highest BCUT2D eigenvalue weighted by molar-refractivity contribution is 8.01. The topological polar surface area (TPSA) is 98.5 Å². The number of ether oxygens (including phenoxy) is 1. The van der Waals surface area contributed by atoms with E-state index in [1.165, 1.54) is 4.57 Å². The van der Waals surface area contributed by atoms with Crippen molar-refractivity contribution in [2.45, 2.75) is 23.1 Å². The number of aliphatic hydroxyl groups is 1. The van der Waals surface area contributed by atoms with Crippen molar-refractivity contribution >= 4 is 32.5 Å². The quantitative estimate of drug-likeness (QED) is 0.756. The van der Waals surface area contributed by atoms with Gasteiger partial charge >= 0.3 is 0 Å². The molecular weight excluding hydrogens is 352 g/mol. The second-order valence-electron chi connectivity index (χ2n) is 5.66. The molecule has 0 spiro atoms. The van der Waals surface area contributed by atoms with E-state index in [0.29, 0.717) is 29.2 Å². The Balaban J connectivity index is 2.03. The number of benzene rings is 1. The molecule has 0 amide bonds. The van der Waals surface area contributed by atoms with Crippen molar-refractivity contribution in [3.63, 3.8) is 0 Å². The van der Waals surface area contributed by atoms with Gasteiger partial charge in [-0.05, 0) is 12.1 Å². The minimum absolute atomic E-state index is 0.119. The molecule has 2 heterocycles. The van der Waals surface area contributed by atoms with Gasteiger partial charge in [0.1, 0.15) is 0 Å². The van der Waals surface area contributed by atoms with Crippen molar-refractivity contribution in [1.29, 1.82) is 0 Å². The predicted molar refractivity (Wildman–Crippen MR) is 92.2 cm³/mol. The summed E-state index contributed by atoms with van der Waals surface area (Å²) in [6, 6.07) is 7.00. The Labute approximate surface area is 143 Å². The Hall–Kier alpha value is -1.42. The maximum Gasteiger partial charge on any atom is 0.262 e. The van der Waals surface area contributed by atoms with Gasteiger partial charge in [-0.25, -0.2) is 13.4 Å². The van der Waals surface area contributed by atoms with Crippen molar-refractivity contribution in [2.24, 2.45) is 0 Å². The van der Waals surface area contributed by atoms with Crippen molar-refractivity contribution in [3.05, 3.63) is 34.6 Å². The van der Waals surface area contributed by atoms with Crippen LogP contribution in [0.4, 0.5) is 0 Å². The fourth-order valence-electron chi connectivity index (χ4n) is 2.66. The summed E-state index contributed by atoms with van der Waals surface area (Å²) >= 11 is 1.13. The molecular formula is C15H18N2O5S2. The molecule has 0 radical (unpaired) electrons. The number of aliphatic hydroxyl groups excluding tert-OH is 1. The number of rotatable bonds is 5. The summed E-state index contributed by atoms with van der Waals surface area (Å²) in [5.41, 5.74) is 0.351. The molecule has 3 rings (SSSR count). The van der Waals surface area contributed by atoms with Crippen LogP contribution in [0, 0.1) is 0 Å². The van der Waals surface area contributed by atoms with Crippen LogP contribution in [0.5, 0.6) is 0 Å². The number of hydrogen-bond acceptors (Lipinski definition) is 7. The Kier molecular flexibility index (Phi) is 4.95. The highest BCUT2D eigenvalue weighted by Gasteiger charge is 2.38. The Morgan fingerprint density at radius 2 is 2.12 bits per heavy atom.